The average molecular weight is 319 g/mol. The maximum atomic E-state index is 12.5. The number of nitrogens with zero attached hydrogens (tertiary/aromatic N) is 3. The van der Waals surface area contributed by atoms with Crippen molar-refractivity contribution in [3.8, 4) is 0 Å². The normalized spacial score (nSPS) is 16.1. The molecule has 2 heterocycles. The number of hydrogen-bond donors (Lipinski definition) is 2. The third-order valence-electron chi connectivity index (χ3n) is 2.83. The van der Waals surface area contributed by atoms with Gasteiger partial charge >= 0.3 is 0 Å². The van der Waals surface area contributed by atoms with Crippen molar-refractivity contribution in [3.63, 3.8) is 0 Å². The molecule has 1 amide bonds. The van der Waals surface area contributed by atoms with Crippen LogP contribution in [0.3, 0.4) is 0 Å². The Morgan fingerprint density at radius 3 is 2.70 bits per heavy atom. The van der Waals surface area contributed by atoms with Gasteiger partial charge in [0.1, 0.15) is 0 Å². The summed E-state index contributed by atoms with van der Waals surface area (Å²) >= 11 is 0.870. The van der Waals surface area contributed by atoms with Crippen LogP contribution >= 0.6 is 11.3 Å². The van der Waals surface area contributed by atoms with Crippen LogP contribution < -0.4 is 10.6 Å². The molecule has 0 radical (unpaired) electrons. The highest BCUT2D eigenvalue weighted by Gasteiger charge is 2.36. The smallest absolute Gasteiger partial charge is 0.272 e. The summed E-state index contributed by atoms with van der Waals surface area (Å²) in [5.41, 5.74) is 0. The lowest BCUT2D eigenvalue weighted by molar-refractivity contribution is -0.114. The molecule has 112 valence electrons. The highest BCUT2D eigenvalue weighted by atomic mass is 32.2. The van der Waals surface area contributed by atoms with E-state index in [0.29, 0.717) is 19.6 Å². The van der Waals surface area contributed by atoms with Crippen molar-refractivity contribution >= 4 is 32.4 Å². The number of amides is 1. The number of carbonyl (C=O) groups is 1. The molecular weight excluding hydrogens is 302 g/mol. The quantitative estimate of drug-likeness (QED) is 0.708. The Morgan fingerprint density at radius 2 is 2.20 bits per heavy atom. The van der Waals surface area contributed by atoms with Crippen molar-refractivity contribution in [1.29, 1.82) is 0 Å². The van der Waals surface area contributed by atoms with Gasteiger partial charge in [0.15, 0.2) is 0 Å². The van der Waals surface area contributed by atoms with Gasteiger partial charge in [-0.2, -0.15) is 4.31 Å². The van der Waals surface area contributed by atoms with E-state index in [-0.39, 0.29) is 21.4 Å². The van der Waals surface area contributed by atoms with Crippen LogP contribution in [0.15, 0.2) is 4.34 Å². The largest absolute Gasteiger partial charge is 0.313 e. The molecule has 1 aliphatic heterocycles. The SMILES string of the molecule is CCCN(C1CNC1)S(=O)(=O)c1nnc(NC(C)=O)s1. The summed E-state index contributed by atoms with van der Waals surface area (Å²) in [6, 6.07) is -0.0342. The van der Waals surface area contributed by atoms with E-state index in [9.17, 15) is 13.2 Å². The fourth-order valence-electron chi connectivity index (χ4n) is 1.81. The van der Waals surface area contributed by atoms with Crippen LogP contribution in [-0.2, 0) is 14.8 Å². The second-order valence-corrected chi connectivity index (χ2v) is 7.52. The number of rotatable bonds is 6. The van der Waals surface area contributed by atoms with Crippen LogP contribution in [0.5, 0.6) is 0 Å². The summed E-state index contributed by atoms with van der Waals surface area (Å²) in [4.78, 5) is 10.9. The van der Waals surface area contributed by atoms with Crippen molar-refractivity contribution in [1.82, 2.24) is 19.8 Å². The van der Waals surface area contributed by atoms with Crippen LogP contribution in [0.1, 0.15) is 20.3 Å². The van der Waals surface area contributed by atoms with Crippen LogP contribution in [0, 0.1) is 0 Å². The lowest BCUT2D eigenvalue weighted by Gasteiger charge is -2.36. The van der Waals surface area contributed by atoms with Crippen LogP contribution in [0.2, 0.25) is 0 Å². The minimum absolute atomic E-state index is 0.0342. The molecule has 1 aromatic rings. The highest BCUT2D eigenvalue weighted by molar-refractivity contribution is 7.91. The van der Waals surface area contributed by atoms with Crippen molar-refractivity contribution in [2.75, 3.05) is 25.0 Å². The second-order valence-electron chi connectivity index (χ2n) is 4.48. The number of anilines is 1. The van der Waals surface area contributed by atoms with E-state index >= 15 is 0 Å². The van der Waals surface area contributed by atoms with Gasteiger partial charge in [0, 0.05) is 26.6 Å². The average Bonchev–Trinajstić information content (AvgIpc) is 2.74. The Bertz CT molecular complexity index is 581. The van der Waals surface area contributed by atoms with Crippen molar-refractivity contribution in [3.05, 3.63) is 0 Å². The van der Waals surface area contributed by atoms with Crippen LogP contribution in [0.4, 0.5) is 5.13 Å². The van der Waals surface area contributed by atoms with Gasteiger partial charge in [-0.15, -0.1) is 10.2 Å². The number of carbonyl (C=O) groups excluding carboxylic acids is 1. The first-order valence-electron chi connectivity index (χ1n) is 6.28. The van der Waals surface area contributed by atoms with E-state index in [0.717, 1.165) is 17.8 Å². The molecule has 2 N–H and O–H groups in total. The predicted molar refractivity (Wildman–Crippen MR) is 75.1 cm³/mol. The number of hydrogen-bond acceptors (Lipinski definition) is 7. The maximum absolute atomic E-state index is 12.5. The summed E-state index contributed by atoms with van der Waals surface area (Å²) in [5, 5.41) is 13.1. The van der Waals surface area contributed by atoms with Crippen molar-refractivity contribution in [2.45, 2.75) is 30.6 Å². The van der Waals surface area contributed by atoms with E-state index in [4.69, 9.17) is 0 Å². The van der Waals surface area contributed by atoms with E-state index in [1.807, 2.05) is 6.92 Å². The summed E-state index contributed by atoms with van der Waals surface area (Å²) in [7, 11) is -3.65. The standard InChI is InChI=1S/C10H17N5O3S2/c1-3-4-15(8-5-11-6-8)20(17,18)10-14-13-9(19-10)12-7(2)16/h8,11H,3-6H2,1-2H3,(H,12,13,16). The lowest BCUT2D eigenvalue weighted by Crippen LogP contribution is -2.58. The third kappa shape index (κ3) is 3.14. The summed E-state index contributed by atoms with van der Waals surface area (Å²) in [6.45, 7) is 5.01. The summed E-state index contributed by atoms with van der Waals surface area (Å²) < 4.78 is 26.5. The fraction of sp³-hybridized carbons (Fsp3) is 0.700. The van der Waals surface area contributed by atoms with Gasteiger partial charge in [-0.1, -0.05) is 18.3 Å². The molecule has 0 saturated carbocycles. The monoisotopic (exact) mass is 319 g/mol. The molecule has 8 nitrogen and oxygen atoms in total. The van der Waals surface area contributed by atoms with Crippen molar-refractivity contribution in [2.24, 2.45) is 0 Å². The number of sulfonamides is 1. The zero-order valence-corrected chi connectivity index (χ0v) is 12.9. The highest BCUT2D eigenvalue weighted by Crippen LogP contribution is 2.25. The molecule has 0 spiro atoms. The molecule has 1 aliphatic rings. The Labute approximate surface area is 121 Å². The van der Waals surface area contributed by atoms with Crippen molar-refractivity contribution < 1.29 is 13.2 Å². The Kier molecular flexibility index (Phi) is 4.68. The van der Waals surface area contributed by atoms with Gasteiger partial charge in [0.2, 0.25) is 15.4 Å². The molecule has 1 aromatic heterocycles. The first-order valence-corrected chi connectivity index (χ1v) is 8.54. The van der Waals surface area contributed by atoms with Gasteiger partial charge in [0.25, 0.3) is 10.0 Å². The van der Waals surface area contributed by atoms with Gasteiger partial charge < -0.3 is 10.6 Å². The van der Waals surface area contributed by atoms with E-state index in [1.54, 1.807) is 0 Å². The Hall–Kier alpha value is -1.10. The Balaban J connectivity index is 2.22. The summed E-state index contributed by atoms with van der Waals surface area (Å²) in [6.07, 6.45) is 0.729. The molecule has 2 rings (SSSR count). The van der Waals surface area contributed by atoms with Gasteiger partial charge in [-0.05, 0) is 6.42 Å². The fourth-order valence-corrected chi connectivity index (χ4v) is 4.59. The molecule has 0 aromatic carbocycles. The Morgan fingerprint density at radius 1 is 1.50 bits per heavy atom. The zero-order valence-electron chi connectivity index (χ0n) is 11.3. The summed E-state index contributed by atoms with van der Waals surface area (Å²) in [5.74, 6) is -0.307. The molecule has 20 heavy (non-hydrogen) atoms. The molecule has 0 bridgehead atoms. The first-order chi connectivity index (χ1) is 9.45. The number of aromatic nitrogens is 2. The molecule has 0 unspecified atom stereocenters. The topological polar surface area (TPSA) is 104 Å². The first kappa shape index (κ1) is 15.3. The third-order valence-corrected chi connectivity index (χ3v) is 5.97. The molecule has 1 fully saturated rings. The minimum Gasteiger partial charge on any atom is -0.313 e. The van der Waals surface area contributed by atoms with E-state index < -0.39 is 10.0 Å². The molecule has 0 atom stereocenters. The molecule has 0 aliphatic carbocycles. The van der Waals surface area contributed by atoms with Gasteiger partial charge in [-0.3, -0.25) is 4.79 Å². The van der Waals surface area contributed by atoms with Crippen LogP contribution in [-0.4, -0.2) is 54.5 Å². The van der Waals surface area contributed by atoms with Crippen LogP contribution in [0.25, 0.3) is 0 Å². The maximum Gasteiger partial charge on any atom is 0.272 e. The second kappa shape index (κ2) is 6.12. The minimum atomic E-state index is -3.65. The zero-order chi connectivity index (χ0) is 14.8. The lowest BCUT2D eigenvalue weighted by atomic mass is 10.2. The van der Waals surface area contributed by atoms with E-state index in [2.05, 4.69) is 20.8 Å². The van der Waals surface area contributed by atoms with Gasteiger partial charge in [0.05, 0.1) is 6.04 Å². The molecule has 1 saturated heterocycles. The molecule has 10 heteroatoms. The van der Waals surface area contributed by atoms with Gasteiger partial charge in [-0.25, -0.2) is 8.42 Å². The van der Waals surface area contributed by atoms with E-state index in [1.165, 1.54) is 11.2 Å². The molecular formula is C10H17N5O3S2. The predicted octanol–water partition coefficient (Wildman–Crippen LogP) is -0.131. The number of nitrogens with one attached hydrogen (secondary N) is 2.